The van der Waals surface area contributed by atoms with Crippen molar-refractivity contribution in [1.82, 2.24) is 9.97 Å². The summed E-state index contributed by atoms with van der Waals surface area (Å²) in [5, 5.41) is 11.6. The number of anilines is 2. The Morgan fingerprint density at radius 1 is 1.09 bits per heavy atom. The van der Waals surface area contributed by atoms with Crippen molar-refractivity contribution < 1.29 is 4.92 Å². The van der Waals surface area contributed by atoms with E-state index >= 15 is 0 Å². The number of halogens is 1. The first-order valence-electron chi connectivity index (χ1n) is 7.36. The normalized spacial score (nSPS) is 15.3. The molecule has 0 unspecified atom stereocenters. The highest BCUT2D eigenvalue weighted by molar-refractivity contribution is 6.30. The van der Waals surface area contributed by atoms with Crippen molar-refractivity contribution in [3.8, 4) is 0 Å². The maximum atomic E-state index is 11.3. The molecule has 1 aromatic carbocycles. The minimum Gasteiger partial charge on any atom is -0.364 e. The molecule has 1 fully saturated rings. The second kappa shape index (κ2) is 6.78. The summed E-state index contributed by atoms with van der Waals surface area (Å²) in [6, 6.07) is 6.59. The van der Waals surface area contributed by atoms with Gasteiger partial charge >= 0.3 is 0 Å². The number of aromatic nitrogens is 2. The van der Waals surface area contributed by atoms with Crippen LogP contribution in [0.3, 0.4) is 0 Å². The number of benzene rings is 1. The summed E-state index contributed by atoms with van der Waals surface area (Å²) in [6.45, 7) is 2.94. The number of hydrogen-bond acceptors (Lipinski definition) is 6. The van der Waals surface area contributed by atoms with Gasteiger partial charge in [-0.3, -0.25) is 10.1 Å². The molecule has 7 nitrogen and oxygen atoms in total. The summed E-state index contributed by atoms with van der Waals surface area (Å²) >= 11 is 5.89. The molecular formula is C15H16ClN5O2. The molecular weight excluding hydrogens is 318 g/mol. The molecule has 3 rings (SSSR count). The molecule has 23 heavy (non-hydrogen) atoms. The molecule has 0 spiro atoms. The zero-order valence-electron chi connectivity index (χ0n) is 12.4. The lowest BCUT2D eigenvalue weighted by Gasteiger charge is -2.23. The van der Waals surface area contributed by atoms with E-state index in [1.165, 1.54) is 6.07 Å². The second-order valence-electron chi connectivity index (χ2n) is 5.27. The first-order valence-corrected chi connectivity index (χ1v) is 7.74. The van der Waals surface area contributed by atoms with Gasteiger partial charge in [-0.05, 0) is 24.6 Å². The van der Waals surface area contributed by atoms with Gasteiger partial charge in [-0.2, -0.15) is 0 Å². The van der Waals surface area contributed by atoms with Crippen LogP contribution in [0.4, 0.5) is 17.3 Å². The van der Waals surface area contributed by atoms with E-state index in [2.05, 4.69) is 14.9 Å². The zero-order valence-corrected chi connectivity index (χ0v) is 13.2. The standard InChI is InChI=1S/C15H16ClN5O2/c16-12-3-4-13(14(11-12)21(22)23)19-7-2-8-20(10-9-19)15-17-5-1-6-18-15/h1,3-6,11H,2,7-10H2. The Morgan fingerprint density at radius 2 is 1.78 bits per heavy atom. The highest BCUT2D eigenvalue weighted by Gasteiger charge is 2.23. The Bertz CT molecular complexity index is 698. The van der Waals surface area contributed by atoms with Crippen molar-refractivity contribution in [3.63, 3.8) is 0 Å². The van der Waals surface area contributed by atoms with E-state index in [9.17, 15) is 10.1 Å². The largest absolute Gasteiger partial charge is 0.364 e. The quantitative estimate of drug-likeness (QED) is 0.635. The van der Waals surface area contributed by atoms with Gasteiger partial charge in [0.25, 0.3) is 5.69 Å². The molecule has 2 aromatic rings. The summed E-state index contributed by atoms with van der Waals surface area (Å²) in [5.74, 6) is 0.694. The fourth-order valence-corrected chi connectivity index (χ4v) is 2.89. The van der Waals surface area contributed by atoms with Crippen LogP contribution in [-0.4, -0.2) is 41.1 Å². The molecule has 1 saturated heterocycles. The van der Waals surface area contributed by atoms with E-state index in [-0.39, 0.29) is 10.6 Å². The Balaban J connectivity index is 1.80. The monoisotopic (exact) mass is 333 g/mol. The van der Waals surface area contributed by atoms with Gasteiger partial charge in [-0.25, -0.2) is 9.97 Å². The molecule has 0 atom stereocenters. The molecule has 0 saturated carbocycles. The lowest BCUT2D eigenvalue weighted by Crippen LogP contribution is -2.31. The number of nitro groups is 1. The predicted molar refractivity (Wildman–Crippen MR) is 89.2 cm³/mol. The number of hydrogen-bond donors (Lipinski definition) is 0. The highest BCUT2D eigenvalue weighted by Crippen LogP contribution is 2.31. The average molecular weight is 334 g/mol. The number of rotatable bonds is 3. The summed E-state index contributed by atoms with van der Waals surface area (Å²) in [4.78, 5) is 23.6. The van der Waals surface area contributed by atoms with Crippen molar-refractivity contribution >= 4 is 28.9 Å². The Morgan fingerprint density at radius 3 is 2.52 bits per heavy atom. The summed E-state index contributed by atoms with van der Waals surface area (Å²) in [7, 11) is 0. The second-order valence-corrected chi connectivity index (χ2v) is 5.70. The van der Waals surface area contributed by atoms with Gasteiger partial charge in [0.2, 0.25) is 5.95 Å². The van der Waals surface area contributed by atoms with Gasteiger partial charge in [0.15, 0.2) is 0 Å². The van der Waals surface area contributed by atoms with Crippen LogP contribution in [0.1, 0.15) is 6.42 Å². The predicted octanol–water partition coefficient (Wildman–Crippen LogP) is 2.75. The molecule has 0 aliphatic carbocycles. The SMILES string of the molecule is O=[N+]([O-])c1cc(Cl)ccc1N1CCCN(c2ncccn2)CC1. The number of nitrogens with zero attached hydrogens (tertiary/aromatic N) is 5. The van der Waals surface area contributed by atoms with Gasteiger partial charge in [0, 0.05) is 49.7 Å². The zero-order chi connectivity index (χ0) is 16.2. The van der Waals surface area contributed by atoms with Crippen molar-refractivity contribution in [2.45, 2.75) is 6.42 Å². The van der Waals surface area contributed by atoms with Gasteiger partial charge in [-0.15, -0.1) is 0 Å². The van der Waals surface area contributed by atoms with Crippen LogP contribution >= 0.6 is 11.6 Å². The van der Waals surface area contributed by atoms with Crippen LogP contribution in [-0.2, 0) is 0 Å². The van der Waals surface area contributed by atoms with Crippen LogP contribution in [0.15, 0.2) is 36.7 Å². The van der Waals surface area contributed by atoms with E-state index < -0.39 is 0 Å². The Hall–Kier alpha value is -2.41. The summed E-state index contributed by atoms with van der Waals surface area (Å²) < 4.78 is 0. The smallest absolute Gasteiger partial charge is 0.294 e. The van der Waals surface area contributed by atoms with Crippen LogP contribution in [0.2, 0.25) is 5.02 Å². The van der Waals surface area contributed by atoms with E-state index in [1.807, 2.05) is 4.90 Å². The molecule has 120 valence electrons. The third-order valence-electron chi connectivity index (χ3n) is 3.81. The molecule has 1 aliphatic rings. The first-order chi connectivity index (χ1) is 11.1. The van der Waals surface area contributed by atoms with E-state index in [1.54, 1.807) is 30.6 Å². The molecule has 2 heterocycles. The van der Waals surface area contributed by atoms with E-state index in [0.717, 1.165) is 19.5 Å². The minimum atomic E-state index is -0.385. The van der Waals surface area contributed by atoms with Crippen molar-refractivity contribution in [2.75, 3.05) is 36.0 Å². The van der Waals surface area contributed by atoms with Crippen LogP contribution in [0.25, 0.3) is 0 Å². The molecule has 0 N–H and O–H groups in total. The molecule has 1 aliphatic heterocycles. The maximum absolute atomic E-state index is 11.3. The van der Waals surface area contributed by atoms with Gasteiger partial charge in [0.1, 0.15) is 5.69 Å². The lowest BCUT2D eigenvalue weighted by molar-refractivity contribution is -0.384. The minimum absolute atomic E-state index is 0.0434. The van der Waals surface area contributed by atoms with Gasteiger partial charge in [-0.1, -0.05) is 11.6 Å². The third kappa shape index (κ3) is 3.50. The van der Waals surface area contributed by atoms with Crippen LogP contribution < -0.4 is 9.80 Å². The van der Waals surface area contributed by atoms with Gasteiger partial charge < -0.3 is 9.80 Å². The number of nitro benzene ring substituents is 1. The van der Waals surface area contributed by atoms with Crippen LogP contribution in [0.5, 0.6) is 0 Å². The first kappa shape index (κ1) is 15.5. The molecule has 1 aromatic heterocycles. The summed E-state index contributed by atoms with van der Waals surface area (Å²) in [6.07, 6.45) is 4.31. The van der Waals surface area contributed by atoms with E-state index in [4.69, 9.17) is 11.6 Å². The van der Waals surface area contributed by atoms with Gasteiger partial charge in [0.05, 0.1) is 4.92 Å². The average Bonchev–Trinajstić information content (AvgIpc) is 2.81. The highest BCUT2D eigenvalue weighted by atomic mass is 35.5. The van der Waals surface area contributed by atoms with Crippen LogP contribution in [0, 0.1) is 10.1 Å². The summed E-state index contributed by atoms with van der Waals surface area (Å²) in [5.41, 5.74) is 0.650. The Labute approximate surface area is 138 Å². The topological polar surface area (TPSA) is 75.4 Å². The molecule has 0 radical (unpaired) electrons. The van der Waals surface area contributed by atoms with E-state index in [0.29, 0.717) is 29.7 Å². The molecule has 8 heteroatoms. The molecule has 0 bridgehead atoms. The Kier molecular flexibility index (Phi) is 4.57. The fraction of sp³-hybridized carbons (Fsp3) is 0.333. The van der Waals surface area contributed by atoms with Crippen molar-refractivity contribution in [3.05, 3.63) is 51.8 Å². The molecule has 0 amide bonds. The van der Waals surface area contributed by atoms with Crippen molar-refractivity contribution in [1.29, 1.82) is 0 Å². The van der Waals surface area contributed by atoms with Crippen molar-refractivity contribution in [2.24, 2.45) is 0 Å². The lowest BCUT2D eigenvalue weighted by atomic mass is 10.2. The fourth-order valence-electron chi connectivity index (χ4n) is 2.72. The maximum Gasteiger partial charge on any atom is 0.294 e. The third-order valence-corrected chi connectivity index (χ3v) is 4.04.